The second kappa shape index (κ2) is 3.47. The van der Waals surface area contributed by atoms with Crippen LogP contribution in [0.25, 0.3) is 10.9 Å². The van der Waals surface area contributed by atoms with Crippen LogP contribution in [0, 0.1) is 5.82 Å². The molecule has 1 aromatic carbocycles. The van der Waals surface area contributed by atoms with Crippen molar-refractivity contribution >= 4 is 16.9 Å². The lowest BCUT2D eigenvalue weighted by Crippen LogP contribution is -2.06. The Morgan fingerprint density at radius 1 is 1.29 bits per heavy atom. The van der Waals surface area contributed by atoms with Crippen LogP contribution < -0.4 is 0 Å². The number of carboxylic acids is 1. The molecule has 90 valence electrons. The fourth-order valence-electron chi connectivity index (χ4n) is 1.59. The lowest BCUT2D eigenvalue weighted by molar-refractivity contribution is -0.136. The number of alkyl halides is 3. The molecule has 0 saturated carbocycles. The van der Waals surface area contributed by atoms with Crippen LogP contribution in [-0.2, 0) is 6.18 Å². The first-order valence-electron chi connectivity index (χ1n) is 4.43. The maximum atomic E-state index is 13.6. The van der Waals surface area contributed by atoms with Crippen molar-refractivity contribution in [1.82, 2.24) is 4.98 Å². The van der Waals surface area contributed by atoms with Gasteiger partial charge in [-0.05, 0) is 12.1 Å². The highest BCUT2D eigenvalue weighted by molar-refractivity contribution is 5.95. The Hall–Kier alpha value is -2.05. The van der Waals surface area contributed by atoms with Gasteiger partial charge in [0.05, 0.1) is 5.56 Å². The Bertz CT molecular complexity index is 600. The molecule has 3 nitrogen and oxygen atoms in total. The number of hydrogen-bond donors (Lipinski definition) is 2. The fourth-order valence-corrected chi connectivity index (χ4v) is 1.59. The molecule has 2 N–H and O–H groups in total. The predicted octanol–water partition coefficient (Wildman–Crippen LogP) is 3.02. The fraction of sp³-hybridized carbons (Fsp3) is 0.100. The Kier molecular flexibility index (Phi) is 2.34. The van der Waals surface area contributed by atoms with E-state index in [2.05, 4.69) is 4.98 Å². The summed E-state index contributed by atoms with van der Waals surface area (Å²) < 4.78 is 51.3. The lowest BCUT2D eigenvalue weighted by atomic mass is 10.1. The SMILES string of the molecule is O=C(O)c1[nH]c2cccc(C(F)(F)F)c2c1F. The third-order valence-electron chi connectivity index (χ3n) is 2.28. The first kappa shape index (κ1) is 11.4. The van der Waals surface area contributed by atoms with Crippen LogP contribution in [0.15, 0.2) is 18.2 Å². The Labute approximate surface area is 91.7 Å². The van der Waals surface area contributed by atoms with Crippen LogP contribution in [-0.4, -0.2) is 16.1 Å². The van der Waals surface area contributed by atoms with E-state index in [-0.39, 0.29) is 5.52 Å². The Balaban J connectivity index is 2.85. The molecule has 0 aliphatic carbocycles. The predicted molar refractivity (Wildman–Crippen MR) is 50.2 cm³/mol. The number of H-pyrrole nitrogens is 1. The van der Waals surface area contributed by atoms with E-state index >= 15 is 0 Å². The van der Waals surface area contributed by atoms with Gasteiger partial charge in [-0.15, -0.1) is 0 Å². The summed E-state index contributed by atoms with van der Waals surface area (Å²) in [7, 11) is 0. The highest BCUT2D eigenvalue weighted by Crippen LogP contribution is 2.36. The molecule has 0 aliphatic rings. The quantitative estimate of drug-likeness (QED) is 0.761. The van der Waals surface area contributed by atoms with Crippen molar-refractivity contribution in [3.8, 4) is 0 Å². The van der Waals surface area contributed by atoms with Gasteiger partial charge in [-0.25, -0.2) is 9.18 Å². The Morgan fingerprint density at radius 2 is 1.94 bits per heavy atom. The van der Waals surface area contributed by atoms with Crippen LogP contribution in [0.2, 0.25) is 0 Å². The third-order valence-corrected chi connectivity index (χ3v) is 2.28. The van der Waals surface area contributed by atoms with Crippen molar-refractivity contribution < 1.29 is 27.5 Å². The van der Waals surface area contributed by atoms with Crippen LogP contribution >= 0.6 is 0 Å². The number of benzene rings is 1. The monoisotopic (exact) mass is 247 g/mol. The Morgan fingerprint density at radius 3 is 2.47 bits per heavy atom. The first-order valence-corrected chi connectivity index (χ1v) is 4.43. The molecule has 17 heavy (non-hydrogen) atoms. The standard InChI is InChI=1S/C10H5F4NO2/c11-7-6-4(10(12,13)14)2-1-3-5(6)15-8(7)9(16)17/h1-3,15H,(H,16,17). The van der Waals surface area contributed by atoms with Gasteiger partial charge in [0.25, 0.3) is 0 Å². The molecule has 0 radical (unpaired) electrons. The van der Waals surface area contributed by atoms with Crippen molar-refractivity contribution in [2.24, 2.45) is 0 Å². The summed E-state index contributed by atoms with van der Waals surface area (Å²) in [5.74, 6) is -3.05. The highest BCUT2D eigenvalue weighted by Gasteiger charge is 2.35. The highest BCUT2D eigenvalue weighted by atomic mass is 19.4. The summed E-state index contributed by atoms with van der Waals surface area (Å²) in [5.41, 5.74) is -2.28. The number of aromatic carboxylic acids is 1. The van der Waals surface area contributed by atoms with E-state index in [0.717, 1.165) is 6.07 Å². The summed E-state index contributed by atoms with van der Waals surface area (Å²) >= 11 is 0. The zero-order valence-corrected chi connectivity index (χ0v) is 8.10. The molecule has 0 amide bonds. The lowest BCUT2D eigenvalue weighted by Gasteiger charge is -2.07. The van der Waals surface area contributed by atoms with E-state index in [1.54, 1.807) is 0 Å². The number of carboxylic acid groups (broad SMARTS) is 1. The average Bonchev–Trinajstić information content (AvgIpc) is 2.55. The van der Waals surface area contributed by atoms with E-state index in [1.807, 2.05) is 0 Å². The van der Waals surface area contributed by atoms with E-state index in [0.29, 0.717) is 6.07 Å². The molecule has 1 heterocycles. The minimum absolute atomic E-state index is 0.199. The van der Waals surface area contributed by atoms with Gasteiger partial charge < -0.3 is 10.1 Å². The summed E-state index contributed by atoms with van der Waals surface area (Å²) in [4.78, 5) is 12.7. The number of hydrogen-bond acceptors (Lipinski definition) is 1. The molecule has 7 heteroatoms. The van der Waals surface area contributed by atoms with E-state index in [9.17, 15) is 22.4 Å². The third kappa shape index (κ3) is 1.73. The van der Waals surface area contributed by atoms with E-state index in [1.165, 1.54) is 6.07 Å². The minimum Gasteiger partial charge on any atom is -0.476 e. The van der Waals surface area contributed by atoms with Crippen LogP contribution in [0.5, 0.6) is 0 Å². The summed E-state index contributed by atoms with van der Waals surface area (Å²) in [6.45, 7) is 0. The second-order valence-corrected chi connectivity index (χ2v) is 3.35. The van der Waals surface area contributed by atoms with Crippen molar-refractivity contribution in [3.05, 3.63) is 35.3 Å². The molecule has 0 fully saturated rings. The number of aromatic amines is 1. The van der Waals surface area contributed by atoms with Crippen LogP contribution in [0.3, 0.4) is 0 Å². The maximum Gasteiger partial charge on any atom is 0.417 e. The number of aromatic nitrogens is 1. The van der Waals surface area contributed by atoms with Gasteiger partial charge >= 0.3 is 12.1 Å². The molecule has 2 aromatic rings. The van der Waals surface area contributed by atoms with Crippen molar-refractivity contribution in [1.29, 1.82) is 0 Å². The molecular formula is C10H5F4NO2. The molecule has 0 spiro atoms. The summed E-state index contributed by atoms with van der Waals surface area (Å²) in [6.07, 6.45) is -4.74. The van der Waals surface area contributed by atoms with Gasteiger partial charge in [-0.1, -0.05) is 6.07 Å². The topological polar surface area (TPSA) is 53.1 Å². The number of rotatable bonds is 1. The normalized spacial score (nSPS) is 12.0. The molecular weight excluding hydrogens is 242 g/mol. The molecule has 1 aromatic heterocycles. The number of halogens is 4. The zero-order valence-electron chi connectivity index (χ0n) is 8.10. The number of nitrogens with one attached hydrogen (secondary N) is 1. The first-order chi connectivity index (χ1) is 7.82. The van der Waals surface area contributed by atoms with E-state index < -0.39 is 34.6 Å². The van der Waals surface area contributed by atoms with Gasteiger partial charge in [0.2, 0.25) is 0 Å². The molecule has 0 saturated heterocycles. The number of fused-ring (bicyclic) bond motifs is 1. The zero-order chi connectivity index (χ0) is 12.8. The van der Waals surface area contributed by atoms with Crippen molar-refractivity contribution in [2.45, 2.75) is 6.18 Å². The minimum atomic E-state index is -4.74. The van der Waals surface area contributed by atoms with E-state index in [4.69, 9.17) is 5.11 Å². The van der Waals surface area contributed by atoms with Crippen LogP contribution in [0.4, 0.5) is 17.6 Å². The largest absolute Gasteiger partial charge is 0.476 e. The smallest absolute Gasteiger partial charge is 0.417 e. The molecule has 0 unspecified atom stereocenters. The maximum absolute atomic E-state index is 13.6. The summed E-state index contributed by atoms with van der Waals surface area (Å²) in [5, 5.41) is 7.86. The van der Waals surface area contributed by atoms with Gasteiger partial charge in [-0.2, -0.15) is 13.2 Å². The molecule has 2 rings (SSSR count). The second-order valence-electron chi connectivity index (χ2n) is 3.35. The van der Waals surface area contributed by atoms with Crippen molar-refractivity contribution in [3.63, 3.8) is 0 Å². The summed E-state index contributed by atoms with van der Waals surface area (Å²) in [6, 6.07) is 2.96. The van der Waals surface area contributed by atoms with Gasteiger partial charge in [0.15, 0.2) is 11.5 Å². The van der Waals surface area contributed by atoms with Gasteiger partial charge in [0.1, 0.15) is 0 Å². The van der Waals surface area contributed by atoms with Gasteiger partial charge in [0, 0.05) is 10.9 Å². The van der Waals surface area contributed by atoms with Gasteiger partial charge in [-0.3, -0.25) is 0 Å². The molecule has 0 aliphatic heterocycles. The number of carbonyl (C=O) groups is 1. The molecule has 0 bridgehead atoms. The molecule has 0 atom stereocenters. The average molecular weight is 247 g/mol. The van der Waals surface area contributed by atoms with Crippen LogP contribution in [0.1, 0.15) is 16.1 Å². The van der Waals surface area contributed by atoms with Crippen molar-refractivity contribution in [2.75, 3.05) is 0 Å².